The number of rotatable bonds is 9. The van der Waals surface area contributed by atoms with E-state index in [0.29, 0.717) is 35.8 Å². The van der Waals surface area contributed by atoms with Crippen molar-refractivity contribution in [2.24, 2.45) is 0 Å². The SMILES string of the molecule is CCN(CC)C(=O)CN1CCN(CCCc2nc(-c3ccc(C)c(F)c3)no2)CC1. The van der Waals surface area contributed by atoms with Gasteiger partial charge in [0.1, 0.15) is 5.82 Å². The van der Waals surface area contributed by atoms with E-state index in [1.54, 1.807) is 19.1 Å². The highest BCUT2D eigenvalue weighted by atomic mass is 19.1. The fourth-order valence-corrected chi connectivity index (χ4v) is 3.70. The van der Waals surface area contributed by atoms with Crippen LogP contribution in [0.5, 0.6) is 0 Å². The number of hydrogen-bond donors (Lipinski definition) is 0. The molecule has 0 aliphatic carbocycles. The summed E-state index contributed by atoms with van der Waals surface area (Å²) in [4.78, 5) is 23.2. The van der Waals surface area contributed by atoms with E-state index in [9.17, 15) is 9.18 Å². The molecule has 0 bridgehead atoms. The molecule has 1 saturated heterocycles. The third kappa shape index (κ3) is 5.86. The summed E-state index contributed by atoms with van der Waals surface area (Å²) in [6.07, 6.45) is 1.62. The van der Waals surface area contributed by atoms with Gasteiger partial charge in [0.2, 0.25) is 17.6 Å². The number of aryl methyl sites for hydroxylation is 2. The molecule has 30 heavy (non-hydrogen) atoms. The van der Waals surface area contributed by atoms with Crippen molar-refractivity contribution in [3.05, 3.63) is 35.5 Å². The molecule has 0 unspecified atom stereocenters. The molecule has 0 atom stereocenters. The summed E-state index contributed by atoms with van der Waals surface area (Å²) >= 11 is 0. The van der Waals surface area contributed by atoms with Crippen LogP contribution in [-0.4, -0.2) is 83.1 Å². The molecule has 0 N–H and O–H groups in total. The zero-order valence-corrected chi connectivity index (χ0v) is 18.2. The average molecular weight is 418 g/mol. The maximum atomic E-state index is 13.7. The van der Waals surface area contributed by atoms with Crippen LogP contribution in [0.1, 0.15) is 31.7 Å². The normalized spacial score (nSPS) is 15.5. The fraction of sp³-hybridized carbons (Fsp3) is 0.591. The Morgan fingerprint density at radius 1 is 1.17 bits per heavy atom. The Kier molecular flexibility index (Phi) is 7.93. The van der Waals surface area contributed by atoms with Gasteiger partial charge in [0.15, 0.2) is 0 Å². The number of likely N-dealkylation sites (N-methyl/N-ethyl adjacent to an activating group) is 1. The summed E-state index contributed by atoms with van der Waals surface area (Å²) in [7, 11) is 0. The van der Waals surface area contributed by atoms with Gasteiger partial charge in [0.25, 0.3) is 0 Å². The number of carbonyl (C=O) groups is 1. The average Bonchev–Trinajstić information content (AvgIpc) is 3.21. The molecule has 0 radical (unpaired) electrons. The molecule has 0 spiro atoms. The third-order valence-electron chi connectivity index (χ3n) is 5.70. The first-order valence-electron chi connectivity index (χ1n) is 10.8. The lowest BCUT2D eigenvalue weighted by Gasteiger charge is -2.35. The summed E-state index contributed by atoms with van der Waals surface area (Å²) in [6, 6.07) is 4.96. The predicted octanol–water partition coefficient (Wildman–Crippen LogP) is 2.60. The molecule has 1 aliphatic rings. The van der Waals surface area contributed by atoms with Gasteiger partial charge in [-0.15, -0.1) is 0 Å². The summed E-state index contributed by atoms with van der Waals surface area (Å²) in [5, 5.41) is 3.98. The van der Waals surface area contributed by atoms with Crippen molar-refractivity contribution in [2.45, 2.75) is 33.6 Å². The van der Waals surface area contributed by atoms with Crippen LogP contribution in [-0.2, 0) is 11.2 Å². The Labute approximate surface area is 177 Å². The van der Waals surface area contributed by atoms with Gasteiger partial charge in [-0.3, -0.25) is 9.69 Å². The van der Waals surface area contributed by atoms with E-state index in [2.05, 4.69) is 19.9 Å². The lowest BCUT2D eigenvalue weighted by molar-refractivity contribution is -0.132. The maximum absolute atomic E-state index is 13.7. The molecule has 1 amide bonds. The number of amides is 1. The molecular formula is C22H32FN5O2. The van der Waals surface area contributed by atoms with Gasteiger partial charge in [-0.05, 0) is 45.4 Å². The zero-order chi connectivity index (χ0) is 21.5. The minimum Gasteiger partial charge on any atom is -0.342 e. The van der Waals surface area contributed by atoms with Crippen LogP contribution in [0.4, 0.5) is 4.39 Å². The summed E-state index contributed by atoms with van der Waals surface area (Å²) in [6.45, 7) is 12.5. The summed E-state index contributed by atoms with van der Waals surface area (Å²) in [5.41, 5.74) is 1.23. The molecule has 3 rings (SSSR count). The second-order valence-corrected chi connectivity index (χ2v) is 7.76. The standard InChI is InChI=1S/C22H32FN5O2/c1-4-28(5-2)21(29)16-27-13-11-26(12-14-27)10-6-7-20-24-22(25-30-20)18-9-8-17(3)19(23)15-18/h8-9,15H,4-7,10-14,16H2,1-3H3. The molecule has 0 saturated carbocycles. The van der Waals surface area contributed by atoms with Gasteiger partial charge in [-0.2, -0.15) is 4.98 Å². The zero-order valence-electron chi connectivity index (χ0n) is 18.2. The van der Waals surface area contributed by atoms with Gasteiger partial charge < -0.3 is 14.3 Å². The number of aromatic nitrogens is 2. The molecule has 164 valence electrons. The minimum atomic E-state index is -0.267. The number of halogens is 1. The topological polar surface area (TPSA) is 65.7 Å². The Morgan fingerprint density at radius 3 is 2.53 bits per heavy atom. The summed E-state index contributed by atoms with van der Waals surface area (Å²) in [5.74, 6) is 0.954. The molecular weight excluding hydrogens is 385 g/mol. The van der Waals surface area contributed by atoms with Crippen molar-refractivity contribution in [1.82, 2.24) is 24.8 Å². The van der Waals surface area contributed by atoms with Crippen molar-refractivity contribution >= 4 is 5.91 Å². The molecule has 8 heteroatoms. The van der Waals surface area contributed by atoms with Crippen molar-refractivity contribution in [3.63, 3.8) is 0 Å². The Hall–Kier alpha value is -2.32. The van der Waals surface area contributed by atoms with Crippen LogP contribution in [0.3, 0.4) is 0 Å². The third-order valence-corrected chi connectivity index (χ3v) is 5.70. The molecule has 1 aromatic heterocycles. The maximum Gasteiger partial charge on any atom is 0.236 e. The monoisotopic (exact) mass is 417 g/mol. The van der Waals surface area contributed by atoms with Crippen molar-refractivity contribution in [3.8, 4) is 11.4 Å². The van der Waals surface area contributed by atoms with E-state index in [1.807, 2.05) is 18.7 Å². The van der Waals surface area contributed by atoms with Crippen LogP contribution < -0.4 is 0 Å². The highest BCUT2D eigenvalue weighted by molar-refractivity contribution is 5.78. The fourth-order valence-electron chi connectivity index (χ4n) is 3.70. The van der Waals surface area contributed by atoms with Gasteiger partial charge in [-0.1, -0.05) is 17.3 Å². The van der Waals surface area contributed by atoms with Gasteiger partial charge in [0, 0.05) is 51.3 Å². The van der Waals surface area contributed by atoms with E-state index in [4.69, 9.17) is 4.52 Å². The van der Waals surface area contributed by atoms with Crippen molar-refractivity contribution in [1.29, 1.82) is 0 Å². The number of hydrogen-bond acceptors (Lipinski definition) is 6. The number of benzene rings is 1. The number of nitrogens with zero attached hydrogens (tertiary/aromatic N) is 5. The van der Waals surface area contributed by atoms with Gasteiger partial charge in [0.05, 0.1) is 6.54 Å². The quantitative estimate of drug-likeness (QED) is 0.625. The van der Waals surface area contributed by atoms with Crippen LogP contribution in [0.15, 0.2) is 22.7 Å². The van der Waals surface area contributed by atoms with E-state index in [0.717, 1.165) is 52.2 Å². The molecule has 1 aliphatic heterocycles. The molecule has 2 heterocycles. The predicted molar refractivity (Wildman–Crippen MR) is 114 cm³/mol. The molecule has 1 fully saturated rings. The first-order chi connectivity index (χ1) is 14.5. The molecule has 2 aromatic rings. The Morgan fingerprint density at radius 2 is 1.87 bits per heavy atom. The minimum absolute atomic E-state index is 0.217. The van der Waals surface area contributed by atoms with Crippen molar-refractivity contribution < 1.29 is 13.7 Å². The smallest absolute Gasteiger partial charge is 0.236 e. The van der Waals surface area contributed by atoms with E-state index in [-0.39, 0.29) is 11.7 Å². The Balaban J connectivity index is 1.39. The lowest BCUT2D eigenvalue weighted by atomic mass is 10.1. The van der Waals surface area contributed by atoms with Crippen LogP contribution in [0, 0.1) is 12.7 Å². The van der Waals surface area contributed by atoms with E-state index >= 15 is 0 Å². The number of piperazine rings is 1. The summed E-state index contributed by atoms with van der Waals surface area (Å²) < 4.78 is 19.1. The highest BCUT2D eigenvalue weighted by Crippen LogP contribution is 2.19. The van der Waals surface area contributed by atoms with Crippen LogP contribution in [0.2, 0.25) is 0 Å². The lowest BCUT2D eigenvalue weighted by Crippen LogP contribution is -2.50. The van der Waals surface area contributed by atoms with E-state index in [1.165, 1.54) is 6.07 Å². The first kappa shape index (κ1) is 22.4. The first-order valence-corrected chi connectivity index (χ1v) is 10.8. The van der Waals surface area contributed by atoms with Gasteiger partial charge in [-0.25, -0.2) is 4.39 Å². The Bertz CT molecular complexity index is 829. The van der Waals surface area contributed by atoms with Crippen molar-refractivity contribution in [2.75, 3.05) is 52.4 Å². The second kappa shape index (κ2) is 10.6. The second-order valence-electron chi connectivity index (χ2n) is 7.76. The largest absolute Gasteiger partial charge is 0.342 e. The van der Waals surface area contributed by atoms with E-state index < -0.39 is 0 Å². The number of carbonyl (C=O) groups excluding carboxylic acids is 1. The molecule has 7 nitrogen and oxygen atoms in total. The van der Waals surface area contributed by atoms with Crippen LogP contribution >= 0.6 is 0 Å². The van der Waals surface area contributed by atoms with Crippen LogP contribution in [0.25, 0.3) is 11.4 Å². The molecule has 1 aromatic carbocycles. The van der Waals surface area contributed by atoms with Gasteiger partial charge >= 0.3 is 0 Å². The highest BCUT2D eigenvalue weighted by Gasteiger charge is 2.20.